The van der Waals surface area contributed by atoms with Crippen molar-refractivity contribution >= 4 is 34.7 Å². The third kappa shape index (κ3) is 6.23. The number of hydrogen-bond donors (Lipinski definition) is 1. The summed E-state index contributed by atoms with van der Waals surface area (Å²) in [4.78, 5) is 27.0. The van der Waals surface area contributed by atoms with Crippen molar-refractivity contribution in [2.24, 2.45) is 0 Å². The largest absolute Gasteiger partial charge is 0.326 e. The molecular weight excluding hydrogens is 424 g/mol. The summed E-state index contributed by atoms with van der Waals surface area (Å²) in [5, 5.41) is 6.65. The van der Waals surface area contributed by atoms with Gasteiger partial charge in [-0.3, -0.25) is 4.79 Å². The molecule has 5 nitrogen and oxygen atoms in total. The van der Waals surface area contributed by atoms with Gasteiger partial charge in [0, 0.05) is 33.8 Å². The number of thiazole rings is 1. The number of amides is 1. The molecule has 4 rings (SSSR count). The SMILES string of the molecule is Cc1cc(C)nc(Sc2ccc(NC(=O)Cc3csc(Cc4ccccc4)n3)cc2)n1. The number of aromatic nitrogens is 3. The number of benzene rings is 2. The van der Waals surface area contributed by atoms with Crippen LogP contribution in [0.1, 0.15) is 27.7 Å². The van der Waals surface area contributed by atoms with Gasteiger partial charge in [0.1, 0.15) is 0 Å². The molecular formula is C24H22N4OS2. The number of hydrogen-bond acceptors (Lipinski definition) is 6. The van der Waals surface area contributed by atoms with Crippen LogP contribution in [-0.4, -0.2) is 20.9 Å². The lowest BCUT2D eigenvalue weighted by molar-refractivity contribution is -0.115. The Morgan fingerprint density at radius 3 is 2.39 bits per heavy atom. The van der Waals surface area contributed by atoms with E-state index in [4.69, 9.17) is 0 Å². The molecule has 0 atom stereocenters. The minimum absolute atomic E-state index is 0.0744. The molecule has 31 heavy (non-hydrogen) atoms. The maximum atomic E-state index is 12.4. The van der Waals surface area contributed by atoms with Crippen LogP contribution in [0.5, 0.6) is 0 Å². The first-order valence-corrected chi connectivity index (χ1v) is 11.6. The quantitative estimate of drug-likeness (QED) is 0.381. The Bertz CT molecular complexity index is 1150. The normalized spacial score (nSPS) is 10.8. The van der Waals surface area contributed by atoms with Crippen molar-refractivity contribution in [3.8, 4) is 0 Å². The van der Waals surface area contributed by atoms with Crippen molar-refractivity contribution in [1.82, 2.24) is 15.0 Å². The van der Waals surface area contributed by atoms with Crippen molar-refractivity contribution in [3.63, 3.8) is 0 Å². The van der Waals surface area contributed by atoms with Gasteiger partial charge in [-0.2, -0.15) is 0 Å². The van der Waals surface area contributed by atoms with Crippen molar-refractivity contribution in [1.29, 1.82) is 0 Å². The van der Waals surface area contributed by atoms with E-state index < -0.39 is 0 Å². The number of nitrogens with zero attached hydrogens (tertiary/aromatic N) is 3. The average Bonchev–Trinajstić information content (AvgIpc) is 3.16. The number of carbonyl (C=O) groups excluding carboxylic acids is 1. The van der Waals surface area contributed by atoms with Crippen LogP contribution < -0.4 is 5.32 Å². The van der Waals surface area contributed by atoms with E-state index in [9.17, 15) is 4.79 Å². The van der Waals surface area contributed by atoms with Crippen LogP contribution in [0.25, 0.3) is 0 Å². The van der Waals surface area contributed by atoms with Gasteiger partial charge in [-0.1, -0.05) is 30.3 Å². The fourth-order valence-electron chi connectivity index (χ4n) is 3.10. The molecule has 156 valence electrons. The van der Waals surface area contributed by atoms with E-state index in [1.54, 1.807) is 11.3 Å². The zero-order valence-electron chi connectivity index (χ0n) is 17.3. The minimum Gasteiger partial charge on any atom is -0.326 e. The van der Waals surface area contributed by atoms with Gasteiger partial charge in [-0.05, 0) is 61.5 Å². The summed E-state index contributed by atoms with van der Waals surface area (Å²) in [6, 6.07) is 19.9. The molecule has 2 aromatic carbocycles. The van der Waals surface area contributed by atoms with E-state index in [-0.39, 0.29) is 12.3 Å². The van der Waals surface area contributed by atoms with Gasteiger partial charge in [0.2, 0.25) is 5.91 Å². The molecule has 4 aromatic rings. The minimum atomic E-state index is -0.0744. The summed E-state index contributed by atoms with van der Waals surface area (Å²) >= 11 is 3.10. The van der Waals surface area contributed by atoms with Crippen LogP contribution in [0.2, 0.25) is 0 Å². The third-order valence-corrected chi connectivity index (χ3v) is 6.22. The standard InChI is InChI=1S/C24H22N4OS2/c1-16-12-17(2)26-24(25-16)31-21-10-8-19(9-11-21)27-22(29)14-20-15-30-23(28-20)13-18-6-4-3-5-7-18/h3-12,15H,13-14H2,1-2H3,(H,27,29). The predicted molar refractivity (Wildman–Crippen MR) is 126 cm³/mol. The molecule has 0 fully saturated rings. The van der Waals surface area contributed by atoms with Crippen LogP contribution in [0, 0.1) is 13.8 Å². The highest BCUT2D eigenvalue weighted by molar-refractivity contribution is 7.99. The number of rotatable bonds is 7. The maximum absolute atomic E-state index is 12.4. The molecule has 0 saturated carbocycles. The summed E-state index contributed by atoms with van der Waals surface area (Å²) in [5.41, 5.74) is 4.68. The number of anilines is 1. The van der Waals surface area contributed by atoms with E-state index in [1.807, 2.05) is 67.8 Å². The first-order valence-electron chi connectivity index (χ1n) is 9.91. The number of nitrogens with one attached hydrogen (secondary N) is 1. The van der Waals surface area contributed by atoms with E-state index in [1.165, 1.54) is 17.3 Å². The van der Waals surface area contributed by atoms with Gasteiger partial charge in [-0.15, -0.1) is 11.3 Å². The zero-order chi connectivity index (χ0) is 21.6. The molecule has 0 bridgehead atoms. The van der Waals surface area contributed by atoms with Crippen LogP contribution >= 0.6 is 23.1 Å². The fourth-order valence-corrected chi connectivity index (χ4v) is 4.79. The monoisotopic (exact) mass is 446 g/mol. The maximum Gasteiger partial charge on any atom is 0.230 e. The molecule has 0 saturated heterocycles. The van der Waals surface area contributed by atoms with Crippen LogP contribution in [0.3, 0.4) is 0 Å². The summed E-state index contributed by atoms with van der Waals surface area (Å²) in [7, 11) is 0. The van der Waals surface area contributed by atoms with Gasteiger partial charge in [0.05, 0.1) is 17.1 Å². The van der Waals surface area contributed by atoms with Gasteiger partial charge in [-0.25, -0.2) is 15.0 Å². The Morgan fingerprint density at radius 1 is 0.968 bits per heavy atom. The Balaban J connectivity index is 1.31. The van der Waals surface area contributed by atoms with Gasteiger partial charge >= 0.3 is 0 Å². The highest BCUT2D eigenvalue weighted by Gasteiger charge is 2.09. The molecule has 1 N–H and O–H groups in total. The van der Waals surface area contributed by atoms with E-state index in [2.05, 4.69) is 32.4 Å². The Hall–Kier alpha value is -3.03. The molecule has 0 radical (unpaired) electrons. The number of carbonyl (C=O) groups is 1. The fraction of sp³-hybridized carbons (Fsp3) is 0.167. The third-order valence-electron chi connectivity index (χ3n) is 4.45. The molecule has 1 amide bonds. The van der Waals surface area contributed by atoms with Crippen molar-refractivity contribution in [2.75, 3.05) is 5.32 Å². The molecule has 2 aromatic heterocycles. The van der Waals surface area contributed by atoms with E-state index in [0.29, 0.717) is 0 Å². The zero-order valence-corrected chi connectivity index (χ0v) is 19.0. The van der Waals surface area contributed by atoms with Crippen LogP contribution in [-0.2, 0) is 17.6 Å². The predicted octanol–water partition coefficient (Wildman–Crippen LogP) is 5.47. The molecule has 0 aliphatic carbocycles. The second-order valence-electron chi connectivity index (χ2n) is 7.18. The molecule has 0 unspecified atom stereocenters. The van der Waals surface area contributed by atoms with Gasteiger partial charge < -0.3 is 5.32 Å². The second-order valence-corrected chi connectivity index (χ2v) is 9.16. The lowest BCUT2D eigenvalue weighted by atomic mass is 10.2. The summed E-state index contributed by atoms with van der Waals surface area (Å²) < 4.78 is 0. The first-order chi connectivity index (χ1) is 15.0. The smallest absolute Gasteiger partial charge is 0.230 e. The first kappa shape index (κ1) is 21.2. The average molecular weight is 447 g/mol. The van der Waals surface area contributed by atoms with Gasteiger partial charge in [0.15, 0.2) is 5.16 Å². The Kier molecular flexibility index (Phi) is 6.74. The topological polar surface area (TPSA) is 67.8 Å². The second kappa shape index (κ2) is 9.85. The van der Waals surface area contributed by atoms with E-state index in [0.717, 1.165) is 44.2 Å². The van der Waals surface area contributed by atoms with Crippen molar-refractivity contribution in [2.45, 2.75) is 36.7 Å². The molecule has 7 heteroatoms. The van der Waals surface area contributed by atoms with Crippen molar-refractivity contribution in [3.05, 3.63) is 93.7 Å². The van der Waals surface area contributed by atoms with Crippen LogP contribution in [0.4, 0.5) is 5.69 Å². The molecule has 0 spiro atoms. The number of aryl methyl sites for hydroxylation is 2. The van der Waals surface area contributed by atoms with Crippen LogP contribution in [0.15, 0.2) is 76.1 Å². The van der Waals surface area contributed by atoms with Gasteiger partial charge in [0.25, 0.3) is 0 Å². The lowest BCUT2D eigenvalue weighted by Crippen LogP contribution is -2.14. The summed E-state index contributed by atoms with van der Waals surface area (Å²) in [6.07, 6.45) is 1.05. The summed E-state index contributed by atoms with van der Waals surface area (Å²) in [5.74, 6) is -0.0744. The highest BCUT2D eigenvalue weighted by atomic mass is 32.2. The highest BCUT2D eigenvalue weighted by Crippen LogP contribution is 2.26. The lowest BCUT2D eigenvalue weighted by Gasteiger charge is -2.06. The Morgan fingerprint density at radius 2 is 1.68 bits per heavy atom. The molecule has 2 heterocycles. The summed E-state index contributed by atoms with van der Waals surface area (Å²) in [6.45, 7) is 3.93. The molecule has 0 aliphatic heterocycles. The molecule has 0 aliphatic rings. The van der Waals surface area contributed by atoms with Crippen molar-refractivity contribution < 1.29 is 4.79 Å². The van der Waals surface area contributed by atoms with E-state index >= 15 is 0 Å². The Labute approximate surface area is 190 Å².